The largest absolute Gasteiger partial charge is 0.341 e. The van der Waals surface area contributed by atoms with Gasteiger partial charge in [-0.15, -0.1) is 0 Å². The van der Waals surface area contributed by atoms with Gasteiger partial charge in [-0.2, -0.15) is 5.10 Å². The molecule has 1 atom stereocenters. The lowest BCUT2D eigenvalue weighted by Gasteiger charge is -2.16. The van der Waals surface area contributed by atoms with Crippen molar-refractivity contribution >= 4 is 5.91 Å². The molecule has 1 N–H and O–H groups in total. The van der Waals surface area contributed by atoms with Gasteiger partial charge in [0, 0.05) is 38.4 Å². The van der Waals surface area contributed by atoms with E-state index in [1.54, 1.807) is 6.20 Å². The van der Waals surface area contributed by atoms with Crippen LogP contribution in [0.15, 0.2) is 12.3 Å². The number of aryl methyl sites for hydroxylation is 1. The number of likely N-dealkylation sites (N-methyl/N-ethyl adjacent to an activating group) is 1. The van der Waals surface area contributed by atoms with Crippen LogP contribution in [0.1, 0.15) is 12.1 Å². The Morgan fingerprint density at radius 3 is 3.00 bits per heavy atom. The molecule has 0 bridgehead atoms. The van der Waals surface area contributed by atoms with E-state index in [9.17, 15) is 4.79 Å². The van der Waals surface area contributed by atoms with E-state index in [2.05, 4.69) is 10.4 Å². The highest BCUT2D eigenvalue weighted by Crippen LogP contribution is 2.11. The van der Waals surface area contributed by atoms with Crippen molar-refractivity contribution < 1.29 is 4.79 Å². The van der Waals surface area contributed by atoms with Crippen molar-refractivity contribution in [2.24, 2.45) is 7.05 Å². The molecule has 1 unspecified atom stereocenters. The number of carbonyl (C=O) groups is 1. The molecule has 1 aliphatic heterocycles. The second-order valence-electron chi connectivity index (χ2n) is 4.15. The first-order valence-electron chi connectivity index (χ1n) is 5.65. The van der Waals surface area contributed by atoms with Crippen LogP contribution < -0.4 is 5.32 Å². The minimum absolute atomic E-state index is 0.0199. The zero-order chi connectivity index (χ0) is 11.5. The minimum atomic E-state index is 0.0199. The molecule has 1 saturated heterocycles. The highest BCUT2D eigenvalue weighted by atomic mass is 16.2. The summed E-state index contributed by atoms with van der Waals surface area (Å²) in [6.45, 7) is 1.65. The number of nitrogens with one attached hydrogen (secondary N) is 1. The second-order valence-corrected chi connectivity index (χ2v) is 4.15. The number of amides is 1. The fraction of sp³-hybridized carbons (Fsp3) is 0.636. The van der Waals surface area contributed by atoms with E-state index >= 15 is 0 Å². The first-order chi connectivity index (χ1) is 7.72. The topological polar surface area (TPSA) is 50.2 Å². The van der Waals surface area contributed by atoms with Crippen molar-refractivity contribution in [3.63, 3.8) is 0 Å². The minimum Gasteiger partial charge on any atom is -0.341 e. The summed E-state index contributed by atoms with van der Waals surface area (Å²) in [5.41, 5.74) is 1.17. The van der Waals surface area contributed by atoms with E-state index in [4.69, 9.17) is 0 Å². The van der Waals surface area contributed by atoms with Gasteiger partial charge in [0.2, 0.25) is 5.91 Å². The van der Waals surface area contributed by atoms with E-state index in [1.165, 1.54) is 5.69 Å². The van der Waals surface area contributed by atoms with Crippen LogP contribution in [0.2, 0.25) is 0 Å². The molecule has 0 aromatic carbocycles. The molecule has 2 rings (SSSR count). The summed E-state index contributed by atoms with van der Waals surface area (Å²) >= 11 is 0. The molecule has 88 valence electrons. The molecule has 1 fully saturated rings. The van der Waals surface area contributed by atoms with Gasteiger partial charge in [0.25, 0.3) is 0 Å². The summed E-state index contributed by atoms with van der Waals surface area (Å²) in [5, 5.41) is 7.15. The molecular formula is C11H18N4O. The van der Waals surface area contributed by atoms with Crippen LogP contribution in [0, 0.1) is 0 Å². The van der Waals surface area contributed by atoms with Gasteiger partial charge in [0.1, 0.15) is 0 Å². The lowest BCUT2D eigenvalue weighted by molar-refractivity contribution is -0.129. The maximum absolute atomic E-state index is 11.8. The van der Waals surface area contributed by atoms with E-state index in [-0.39, 0.29) is 11.9 Å². The van der Waals surface area contributed by atoms with Gasteiger partial charge in [0.05, 0.1) is 6.04 Å². The molecule has 0 saturated carbocycles. The van der Waals surface area contributed by atoms with Crippen molar-refractivity contribution in [3.8, 4) is 0 Å². The molecule has 1 aliphatic rings. The molecule has 0 spiro atoms. The Balaban J connectivity index is 1.88. The third kappa shape index (κ3) is 2.09. The van der Waals surface area contributed by atoms with Crippen molar-refractivity contribution in [2.45, 2.75) is 18.9 Å². The van der Waals surface area contributed by atoms with Gasteiger partial charge in [-0.1, -0.05) is 0 Å². The van der Waals surface area contributed by atoms with Gasteiger partial charge < -0.3 is 10.2 Å². The summed E-state index contributed by atoms with van der Waals surface area (Å²) in [6.07, 6.45) is 3.58. The van der Waals surface area contributed by atoms with Gasteiger partial charge in [-0.3, -0.25) is 9.48 Å². The Bertz CT molecular complexity index is 374. The molecule has 5 heteroatoms. The van der Waals surface area contributed by atoms with Crippen LogP contribution >= 0.6 is 0 Å². The number of aromatic nitrogens is 2. The predicted octanol–water partition coefficient (Wildman–Crippen LogP) is -0.217. The fourth-order valence-electron chi connectivity index (χ4n) is 2.12. The lowest BCUT2D eigenvalue weighted by Crippen LogP contribution is -2.37. The summed E-state index contributed by atoms with van der Waals surface area (Å²) in [7, 11) is 3.77. The summed E-state index contributed by atoms with van der Waals surface area (Å²) < 4.78 is 1.86. The van der Waals surface area contributed by atoms with Crippen LogP contribution in [0.25, 0.3) is 0 Å². The number of rotatable bonds is 4. The van der Waals surface area contributed by atoms with Crippen molar-refractivity contribution in [1.29, 1.82) is 0 Å². The molecule has 1 aromatic heterocycles. The first-order valence-corrected chi connectivity index (χ1v) is 5.65. The predicted molar refractivity (Wildman–Crippen MR) is 61.0 cm³/mol. The molecule has 1 aromatic rings. The van der Waals surface area contributed by atoms with Crippen LogP contribution in [0.3, 0.4) is 0 Å². The number of nitrogens with zero attached hydrogens (tertiary/aromatic N) is 3. The average Bonchev–Trinajstić information content (AvgIpc) is 2.83. The Labute approximate surface area is 95.4 Å². The van der Waals surface area contributed by atoms with E-state index in [0.717, 1.165) is 25.9 Å². The fourth-order valence-corrected chi connectivity index (χ4v) is 2.12. The summed E-state index contributed by atoms with van der Waals surface area (Å²) in [5.74, 6) is 0.227. The zero-order valence-corrected chi connectivity index (χ0v) is 9.81. The van der Waals surface area contributed by atoms with Crippen LogP contribution in [-0.2, 0) is 18.3 Å². The van der Waals surface area contributed by atoms with Gasteiger partial charge >= 0.3 is 0 Å². The van der Waals surface area contributed by atoms with E-state index < -0.39 is 0 Å². The molecule has 5 nitrogen and oxygen atoms in total. The Hall–Kier alpha value is -1.36. The summed E-state index contributed by atoms with van der Waals surface area (Å²) in [4.78, 5) is 13.7. The van der Waals surface area contributed by atoms with Gasteiger partial charge in [-0.05, 0) is 19.5 Å². The molecule has 0 aliphatic carbocycles. The van der Waals surface area contributed by atoms with Crippen molar-refractivity contribution in [2.75, 3.05) is 20.1 Å². The van der Waals surface area contributed by atoms with Crippen LogP contribution in [0.4, 0.5) is 0 Å². The lowest BCUT2D eigenvalue weighted by atomic mass is 10.2. The monoisotopic (exact) mass is 222 g/mol. The number of hydrogen-bond acceptors (Lipinski definition) is 3. The third-order valence-corrected chi connectivity index (χ3v) is 3.21. The smallest absolute Gasteiger partial charge is 0.239 e. The van der Waals surface area contributed by atoms with Gasteiger partial charge in [0.15, 0.2) is 0 Å². The zero-order valence-electron chi connectivity index (χ0n) is 9.81. The SMILES string of the molecule is CNC1CCN(CCc2ccnn2C)C1=O. The normalized spacial score (nSPS) is 20.8. The number of likely N-dealkylation sites (tertiary alicyclic amines) is 1. The first kappa shape index (κ1) is 11.1. The van der Waals surface area contributed by atoms with Crippen molar-refractivity contribution in [3.05, 3.63) is 18.0 Å². The van der Waals surface area contributed by atoms with Crippen LogP contribution in [-0.4, -0.2) is 46.8 Å². The molecular weight excluding hydrogens is 204 g/mol. The average molecular weight is 222 g/mol. The Kier molecular flexibility index (Phi) is 3.24. The number of hydrogen-bond donors (Lipinski definition) is 1. The maximum Gasteiger partial charge on any atom is 0.239 e. The highest BCUT2D eigenvalue weighted by molar-refractivity contribution is 5.83. The summed E-state index contributed by atoms with van der Waals surface area (Å²) in [6, 6.07) is 2.02. The highest BCUT2D eigenvalue weighted by Gasteiger charge is 2.29. The maximum atomic E-state index is 11.8. The Morgan fingerprint density at radius 2 is 2.44 bits per heavy atom. The molecule has 1 amide bonds. The molecule has 2 heterocycles. The van der Waals surface area contributed by atoms with Crippen LogP contribution in [0.5, 0.6) is 0 Å². The quantitative estimate of drug-likeness (QED) is 0.766. The molecule has 0 radical (unpaired) electrons. The van der Waals surface area contributed by atoms with E-state index in [0.29, 0.717) is 0 Å². The molecule has 16 heavy (non-hydrogen) atoms. The number of carbonyl (C=O) groups excluding carboxylic acids is 1. The third-order valence-electron chi connectivity index (χ3n) is 3.21. The van der Waals surface area contributed by atoms with Crippen molar-refractivity contribution in [1.82, 2.24) is 20.0 Å². The van der Waals surface area contributed by atoms with E-state index in [1.807, 2.05) is 29.7 Å². The standard InChI is InChI=1S/C11H18N4O/c1-12-10-5-8-15(11(10)16)7-4-9-3-6-13-14(9)2/h3,6,10,12H,4-5,7-8H2,1-2H3. The van der Waals surface area contributed by atoms with Gasteiger partial charge in [-0.25, -0.2) is 0 Å². The Morgan fingerprint density at radius 1 is 1.62 bits per heavy atom. The second kappa shape index (κ2) is 4.65.